The molecule has 1 saturated heterocycles. The molecule has 0 aromatic heterocycles. The maximum Gasteiger partial charge on any atom is 0.242 e. The summed E-state index contributed by atoms with van der Waals surface area (Å²) in [5.74, 6) is 0. The molecule has 7 heteroatoms. The lowest BCUT2D eigenvalue weighted by Gasteiger charge is -2.34. The third kappa shape index (κ3) is 3.78. The van der Waals surface area contributed by atoms with E-state index < -0.39 is 15.6 Å². The molecule has 1 N–H and O–H groups in total. The van der Waals surface area contributed by atoms with Crippen molar-refractivity contribution in [2.75, 3.05) is 13.2 Å². The molecule has 0 saturated carbocycles. The van der Waals surface area contributed by atoms with Crippen molar-refractivity contribution in [2.24, 2.45) is 0 Å². The van der Waals surface area contributed by atoms with Crippen molar-refractivity contribution in [2.45, 2.75) is 30.2 Å². The van der Waals surface area contributed by atoms with Crippen molar-refractivity contribution in [3.05, 3.63) is 27.1 Å². The van der Waals surface area contributed by atoms with E-state index in [9.17, 15) is 8.42 Å². The molecule has 1 aromatic rings. The normalized spacial score (nSPS) is 19.3. The van der Waals surface area contributed by atoms with Crippen molar-refractivity contribution in [1.29, 1.82) is 0 Å². The standard InChI is InChI=1S/C12H15Br2NO3S/c1-12(4-6-18-7-5-12)15-19(16,17)11-8-9(13)2-3-10(11)14/h2-3,8,15H,4-7H2,1H3. The molecule has 0 aliphatic carbocycles. The molecule has 0 radical (unpaired) electrons. The van der Waals surface area contributed by atoms with E-state index in [1.807, 2.05) is 6.92 Å². The van der Waals surface area contributed by atoms with E-state index in [2.05, 4.69) is 36.6 Å². The molecule has 106 valence electrons. The minimum absolute atomic E-state index is 0.245. The Morgan fingerprint density at radius 1 is 1.26 bits per heavy atom. The Bertz CT molecular complexity index is 568. The molecule has 2 rings (SSSR count). The number of sulfonamides is 1. The lowest BCUT2D eigenvalue weighted by molar-refractivity contribution is 0.0537. The van der Waals surface area contributed by atoms with Crippen LogP contribution in [0, 0.1) is 0 Å². The first-order valence-electron chi connectivity index (χ1n) is 5.89. The second-order valence-corrected chi connectivity index (χ2v) is 8.27. The van der Waals surface area contributed by atoms with Crippen molar-refractivity contribution in [3.8, 4) is 0 Å². The summed E-state index contributed by atoms with van der Waals surface area (Å²) in [6.07, 6.45) is 1.36. The lowest BCUT2D eigenvalue weighted by atomic mass is 9.94. The third-order valence-electron chi connectivity index (χ3n) is 3.16. The summed E-state index contributed by atoms with van der Waals surface area (Å²) in [4.78, 5) is 0.245. The molecule has 1 aliphatic heterocycles. The summed E-state index contributed by atoms with van der Waals surface area (Å²) < 4.78 is 34.3. The first-order chi connectivity index (χ1) is 8.82. The lowest BCUT2D eigenvalue weighted by Crippen LogP contribution is -2.49. The SMILES string of the molecule is CC1(NS(=O)(=O)c2cc(Br)ccc2Br)CCOCC1. The topological polar surface area (TPSA) is 55.4 Å². The van der Waals surface area contributed by atoms with Gasteiger partial charge in [-0.05, 0) is 53.9 Å². The van der Waals surface area contributed by atoms with Crippen LogP contribution in [0.5, 0.6) is 0 Å². The molecule has 0 spiro atoms. The molecule has 4 nitrogen and oxygen atoms in total. The van der Waals surface area contributed by atoms with Crippen molar-refractivity contribution in [3.63, 3.8) is 0 Å². The van der Waals surface area contributed by atoms with Gasteiger partial charge in [-0.1, -0.05) is 15.9 Å². The molecule has 19 heavy (non-hydrogen) atoms. The fraction of sp³-hybridized carbons (Fsp3) is 0.500. The monoisotopic (exact) mass is 411 g/mol. The van der Waals surface area contributed by atoms with Gasteiger partial charge in [0.05, 0.1) is 4.90 Å². The van der Waals surface area contributed by atoms with Crippen LogP contribution >= 0.6 is 31.9 Å². The van der Waals surface area contributed by atoms with Crippen LogP contribution in [0.4, 0.5) is 0 Å². The van der Waals surface area contributed by atoms with Crippen molar-refractivity contribution < 1.29 is 13.2 Å². The van der Waals surface area contributed by atoms with Crippen LogP contribution in [0.25, 0.3) is 0 Å². The Morgan fingerprint density at radius 2 is 1.89 bits per heavy atom. The summed E-state index contributed by atoms with van der Waals surface area (Å²) in [5, 5.41) is 0. The smallest absolute Gasteiger partial charge is 0.242 e. The first kappa shape index (κ1) is 15.4. The van der Waals surface area contributed by atoms with Crippen LogP contribution in [0.15, 0.2) is 32.0 Å². The molecular formula is C12H15Br2NO3S. The third-order valence-corrected chi connectivity index (χ3v) is 6.29. The Kier molecular flexibility index (Phi) is 4.72. The van der Waals surface area contributed by atoms with Gasteiger partial charge in [0, 0.05) is 27.7 Å². The molecule has 0 atom stereocenters. The number of nitrogens with one attached hydrogen (secondary N) is 1. The van der Waals surface area contributed by atoms with Gasteiger partial charge in [0.2, 0.25) is 10.0 Å². The molecule has 0 amide bonds. The van der Waals surface area contributed by atoms with Gasteiger partial charge in [0.25, 0.3) is 0 Å². The Morgan fingerprint density at radius 3 is 2.53 bits per heavy atom. The molecule has 1 fully saturated rings. The van der Waals surface area contributed by atoms with Crippen LogP contribution < -0.4 is 4.72 Å². The van der Waals surface area contributed by atoms with Crippen LogP contribution in [0.1, 0.15) is 19.8 Å². The van der Waals surface area contributed by atoms with Crippen LogP contribution in [-0.2, 0) is 14.8 Å². The van der Waals surface area contributed by atoms with E-state index in [-0.39, 0.29) is 4.90 Å². The Balaban J connectivity index is 2.29. The van der Waals surface area contributed by atoms with E-state index in [0.717, 1.165) is 4.47 Å². The van der Waals surface area contributed by atoms with E-state index in [1.54, 1.807) is 18.2 Å². The highest BCUT2D eigenvalue weighted by Gasteiger charge is 2.33. The molecule has 0 unspecified atom stereocenters. The average Bonchev–Trinajstić information content (AvgIpc) is 2.31. The maximum atomic E-state index is 12.5. The van der Waals surface area contributed by atoms with Gasteiger partial charge in [-0.25, -0.2) is 13.1 Å². The number of halogens is 2. The van der Waals surface area contributed by atoms with Gasteiger partial charge in [0.1, 0.15) is 0 Å². The zero-order chi connectivity index (χ0) is 14.1. The maximum absolute atomic E-state index is 12.5. The first-order valence-corrected chi connectivity index (χ1v) is 8.96. The van der Waals surface area contributed by atoms with Crippen molar-refractivity contribution >= 4 is 41.9 Å². The van der Waals surface area contributed by atoms with E-state index in [0.29, 0.717) is 30.5 Å². The minimum Gasteiger partial charge on any atom is -0.381 e. The fourth-order valence-electron chi connectivity index (χ4n) is 1.99. The number of hydrogen-bond donors (Lipinski definition) is 1. The number of rotatable bonds is 3. The van der Waals surface area contributed by atoms with Gasteiger partial charge in [-0.15, -0.1) is 0 Å². The zero-order valence-electron chi connectivity index (χ0n) is 10.4. The van der Waals surface area contributed by atoms with Gasteiger partial charge in [-0.2, -0.15) is 0 Å². The summed E-state index contributed by atoms with van der Waals surface area (Å²) in [6.45, 7) is 3.08. The molecule has 1 aromatic carbocycles. The summed E-state index contributed by atoms with van der Waals surface area (Å²) in [6, 6.07) is 5.10. The highest BCUT2D eigenvalue weighted by molar-refractivity contribution is 9.11. The predicted octanol–water partition coefficient (Wildman–Crippen LogP) is 3.06. The van der Waals surface area contributed by atoms with E-state index in [4.69, 9.17) is 4.74 Å². The largest absolute Gasteiger partial charge is 0.381 e. The van der Waals surface area contributed by atoms with Gasteiger partial charge < -0.3 is 4.74 Å². The highest BCUT2D eigenvalue weighted by Crippen LogP contribution is 2.28. The van der Waals surface area contributed by atoms with Crippen LogP contribution in [0.3, 0.4) is 0 Å². The number of hydrogen-bond acceptors (Lipinski definition) is 3. The summed E-state index contributed by atoms with van der Waals surface area (Å²) >= 11 is 6.58. The molecule has 1 heterocycles. The van der Waals surface area contributed by atoms with Gasteiger partial charge in [-0.3, -0.25) is 0 Å². The van der Waals surface area contributed by atoms with Crippen molar-refractivity contribution in [1.82, 2.24) is 4.72 Å². The minimum atomic E-state index is -3.55. The fourth-order valence-corrected chi connectivity index (χ4v) is 4.95. The Labute approximate surface area is 130 Å². The van der Waals surface area contributed by atoms with Crippen LogP contribution in [0.2, 0.25) is 0 Å². The van der Waals surface area contributed by atoms with Crippen LogP contribution in [-0.4, -0.2) is 27.2 Å². The molecule has 1 aliphatic rings. The number of ether oxygens (including phenoxy) is 1. The summed E-state index contributed by atoms with van der Waals surface area (Å²) in [7, 11) is -3.55. The molecular weight excluding hydrogens is 398 g/mol. The quantitative estimate of drug-likeness (QED) is 0.829. The highest BCUT2D eigenvalue weighted by atomic mass is 79.9. The number of benzene rings is 1. The second-order valence-electron chi connectivity index (χ2n) is 4.85. The predicted molar refractivity (Wildman–Crippen MR) is 80.6 cm³/mol. The Hall–Kier alpha value is 0.0500. The van der Waals surface area contributed by atoms with Gasteiger partial charge >= 0.3 is 0 Å². The van der Waals surface area contributed by atoms with E-state index >= 15 is 0 Å². The summed E-state index contributed by atoms with van der Waals surface area (Å²) in [5.41, 5.74) is -0.446. The average molecular weight is 413 g/mol. The van der Waals surface area contributed by atoms with E-state index in [1.165, 1.54) is 0 Å². The zero-order valence-corrected chi connectivity index (χ0v) is 14.4. The molecule has 0 bridgehead atoms. The second kappa shape index (κ2) is 5.81. The van der Waals surface area contributed by atoms with Gasteiger partial charge in [0.15, 0.2) is 0 Å².